The lowest BCUT2D eigenvalue weighted by Gasteiger charge is -2.33. The van der Waals surface area contributed by atoms with Gasteiger partial charge in [-0.15, -0.1) is 0 Å². The molecule has 0 bridgehead atoms. The third kappa shape index (κ3) is 8.65. The first-order valence-corrected chi connectivity index (χ1v) is 13.6. The molecule has 0 fully saturated rings. The summed E-state index contributed by atoms with van der Waals surface area (Å²) in [5.41, 5.74) is 0.369. The molecule has 0 aliphatic rings. The average molecular weight is 506 g/mol. The summed E-state index contributed by atoms with van der Waals surface area (Å²) in [6, 6.07) is 14.3. The molecule has 0 radical (unpaired) electrons. The number of sulfonamides is 1. The van der Waals surface area contributed by atoms with Gasteiger partial charge in [-0.3, -0.25) is 13.9 Å². The molecule has 0 saturated heterocycles. The van der Waals surface area contributed by atoms with Crippen LogP contribution in [0.4, 0.5) is 10.1 Å². The number of nitrogens with zero attached hydrogens (tertiary/aromatic N) is 2. The molecule has 1 unspecified atom stereocenters. The van der Waals surface area contributed by atoms with Crippen molar-refractivity contribution in [3.8, 4) is 0 Å². The van der Waals surface area contributed by atoms with E-state index >= 15 is 0 Å². The van der Waals surface area contributed by atoms with Crippen molar-refractivity contribution in [1.29, 1.82) is 0 Å². The molecule has 0 aliphatic heterocycles. The van der Waals surface area contributed by atoms with Crippen LogP contribution in [0.25, 0.3) is 0 Å². The molecule has 192 valence electrons. The maximum absolute atomic E-state index is 14.3. The van der Waals surface area contributed by atoms with Gasteiger partial charge in [0.25, 0.3) is 0 Å². The number of hydrogen-bond donors (Lipinski definition) is 1. The van der Waals surface area contributed by atoms with E-state index in [1.54, 1.807) is 11.0 Å². The minimum atomic E-state index is -3.76. The number of halogens is 1. The monoisotopic (exact) mass is 505 g/mol. The van der Waals surface area contributed by atoms with Gasteiger partial charge in [-0.25, -0.2) is 12.8 Å². The third-order valence-electron chi connectivity index (χ3n) is 5.35. The second kappa shape index (κ2) is 12.2. The molecule has 2 amide bonds. The van der Waals surface area contributed by atoms with Gasteiger partial charge in [0.05, 0.1) is 11.9 Å². The first-order chi connectivity index (χ1) is 16.3. The van der Waals surface area contributed by atoms with E-state index in [0.29, 0.717) is 6.42 Å². The minimum Gasteiger partial charge on any atom is -0.350 e. The van der Waals surface area contributed by atoms with Gasteiger partial charge in [0.1, 0.15) is 11.9 Å². The molecule has 0 aliphatic carbocycles. The molecule has 0 aromatic heterocycles. The van der Waals surface area contributed by atoms with Gasteiger partial charge in [0.2, 0.25) is 21.8 Å². The first kappa shape index (κ1) is 28.3. The Hall–Kier alpha value is -2.94. The topological polar surface area (TPSA) is 86.8 Å². The van der Waals surface area contributed by atoms with Crippen molar-refractivity contribution in [3.05, 3.63) is 66.0 Å². The first-order valence-electron chi connectivity index (χ1n) is 11.7. The van der Waals surface area contributed by atoms with Crippen LogP contribution >= 0.6 is 0 Å². The summed E-state index contributed by atoms with van der Waals surface area (Å²) in [4.78, 5) is 27.9. The Morgan fingerprint density at radius 3 is 2.17 bits per heavy atom. The van der Waals surface area contributed by atoms with Crippen LogP contribution in [0.1, 0.15) is 52.5 Å². The minimum absolute atomic E-state index is 0.00655. The summed E-state index contributed by atoms with van der Waals surface area (Å²) in [6.45, 7) is 7.67. The van der Waals surface area contributed by atoms with Crippen LogP contribution in [-0.2, 0) is 26.2 Å². The van der Waals surface area contributed by atoms with Crippen molar-refractivity contribution in [1.82, 2.24) is 10.2 Å². The highest BCUT2D eigenvalue weighted by Gasteiger charge is 2.30. The molecule has 9 heteroatoms. The number of amides is 2. The number of nitrogens with one attached hydrogen (secondary N) is 1. The average Bonchev–Trinajstić information content (AvgIpc) is 2.76. The van der Waals surface area contributed by atoms with E-state index in [2.05, 4.69) is 5.32 Å². The Morgan fingerprint density at radius 2 is 1.63 bits per heavy atom. The van der Waals surface area contributed by atoms with E-state index in [1.807, 2.05) is 58.0 Å². The zero-order valence-electron chi connectivity index (χ0n) is 21.1. The molecule has 2 aromatic rings. The Balaban J connectivity index is 2.22. The van der Waals surface area contributed by atoms with Crippen LogP contribution in [0, 0.1) is 5.82 Å². The van der Waals surface area contributed by atoms with Crippen molar-refractivity contribution in [2.45, 2.75) is 65.1 Å². The molecule has 2 rings (SSSR count). The van der Waals surface area contributed by atoms with Crippen LogP contribution in [0.3, 0.4) is 0 Å². The molecule has 0 heterocycles. The number of hydrogen-bond acceptors (Lipinski definition) is 4. The number of carbonyl (C=O) groups excluding carboxylic acids is 2. The van der Waals surface area contributed by atoms with Crippen molar-refractivity contribution in [2.24, 2.45) is 0 Å². The van der Waals surface area contributed by atoms with Crippen molar-refractivity contribution < 1.29 is 22.4 Å². The second-order valence-corrected chi connectivity index (χ2v) is 11.5. The molecular formula is C26H36FN3O4S. The van der Waals surface area contributed by atoms with Crippen molar-refractivity contribution in [2.75, 3.05) is 17.1 Å². The smallest absolute Gasteiger partial charge is 0.243 e. The van der Waals surface area contributed by atoms with Crippen LogP contribution in [0.5, 0.6) is 0 Å². The highest BCUT2D eigenvalue weighted by Crippen LogP contribution is 2.22. The SMILES string of the molecule is CCC(C(=O)NC(C)(C)C)N(Cc1ccccc1)C(=O)CCCN(c1ccccc1F)S(C)(=O)=O. The highest BCUT2D eigenvalue weighted by atomic mass is 32.2. The maximum atomic E-state index is 14.3. The van der Waals surface area contributed by atoms with Crippen LogP contribution in [0.15, 0.2) is 54.6 Å². The fourth-order valence-corrected chi connectivity index (χ4v) is 4.76. The van der Waals surface area contributed by atoms with E-state index < -0.39 is 27.4 Å². The number of benzene rings is 2. The lowest BCUT2D eigenvalue weighted by molar-refractivity contribution is -0.142. The number of para-hydroxylation sites is 1. The highest BCUT2D eigenvalue weighted by molar-refractivity contribution is 7.92. The van der Waals surface area contributed by atoms with Gasteiger partial charge >= 0.3 is 0 Å². The summed E-state index contributed by atoms with van der Waals surface area (Å²) < 4.78 is 39.9. The van der Waals surface area contributed by atoms with Gasteiger partial charge in [0.15, 0.2) is 0 Å². The van der Waals surface area contributed by atoms with Gasteiger partial charge in [-0.05, 0) is 51.3 Å². The molecule has 7 nitrogen and oxygen atoms in total. The van der Waals surface area contributed by atoms with Gasteiger partial charge in [0, 0.05) is 25.0 Å². The summed E-state index contributed by atoms with van der Waals surface area (Å²) in [5.74, 6) is -1.17. The Bertz CT molecular complexity index is 1100. The summed E-state index contributed by atoms with van der Waals surface area (Å²) in [5, 5.41) is 2.95. The molecule has 1 N–H and O–H groups in total. The summed E-state index contributed by atoms with van der Waals surface area (Å²) in [7, 11) is -3.76. The molecule has 35 heavy (non-hydrogen) atoms. The van der Waals surface area contributed by atoms with Crippen LogP contribution in [-0.4, -0.2) is 49.5 Å². The Kier molecular flexibility index (Phi) is 9.82. The fourth-order valence-electron chi connectivity index (χ4n) is 3.79. The Labute approximate surface area is 208 Å². The maximum Gasteiger partial charge on any atom is 0.243 e. The van der Waals surface area contributed by atoms with Crippen LogP contribution in [0.2, 0.25) is 0 Å². The number of rotatable bonds is 11. The number of carbonyl (C=O) groups is 2. The lowest BCUT2D eigenvalue weighted by Crippen LogP contribution is -2.53. The number of anilines is 1. The quantitative estimate of drug-likeness (QED) is 0.498. The standard InChI is InChI=1S/C26H36FN3O4S/c1-6-22(25(32)28-26(2,3)4)29(19-20-13-8-7-9-14-20)24(31)17-12-18-30(35(5,33)34)23-16-11-10-15-21(23)27/h7-11,13-16,22H,6,12,17-19H2,1-5H3,(H,28,32). The van der Waals surface area contributed by atoms with E-state index in [0.717, 1.165) is 16.1 Å². The van der Waals surface area contributed by atoms with E-state index in [4.69, 9.17) is 0 Å². The third-order valence-corrected chi connectivity index (χ3v) is 6.53. The van der Waals surface area contributed by atoms with Gasteiger partial charge < -0.3 is 10.2 Å². The normalized spacial score (nSPS) is 12.6. The van der Waals surface area contributed by atoms with Crippen molar-refractivity contribution in [3.63, 3.8) is 0 Å². The molecule has 0 spiro atoms. The predicted molar refractivity (Wildman–Crippen MR) is 137 cm³/mol. The van der Waals surface area contributed by atoms with Crippen molar-refractivity contribution >= 4 is 27.5 Å². The van der Waals surface area contributed by atoms with Gasteiger partial charge in [-0.1, -0.05) is 49.4 Å². The summed E-state index contributed by atoms with van der Waals surface area (Å²) >= 11 is 0. The molecule has 2 aromatic carbocycles. The zero-order chi connectivity index (χ0) is 26.2. The molecule has 0 saturated carbocycles. The van der Waals surface area contributed by atoms with E-state index in [-0.39, 0.29) is 43.4 Å². The fraction of sp³-hybridized carbons (Fsp3) is 0.462. The van der Waals surface area contributed by atoms with Crippen LogP contribution < -0.4 is 9.62 Å². The second-order valence-electron chi connectivity index (χ2n) is 9.56. The lowest BCUT2D eigenvalue weighted by atomic mass is 10.0. The molecular weight excluding hydrogens is 469 g/mol. The Morgan fingerprint density at radius 1 is 1.03 bits per heavy atom. The zero-order valence-corrected chi connectivity index (χ0v) is 21.9. The van der Waals surface area contributed by atoms with E-state index in [1.165, 1.54) is 18.2 Å². The largest absolute Gasteiger partial charge is 0.350 e. The van der Waals surface area contributed by atoms with Gasteiger partial charge in [-0.2, -0.15) is 0 Å². The predicted octanol–water partition coefficient (Wildman–Crippen LogP) is 4.09. The van der Waals surface area contributed by atoms with E-state index in [9.17, 15) is 22.4 Å². The molecule has 1 atom stereocenters. The summed E-state index contributed by atoms with van der Waals surface area (Å²) in [6.07, 6.45) is 1.60.